The van der Waals surface area contributed by atoms with Gasteiger partial charge in [-0.25, -0.2) is 0 Å². The van der Waals surface area contributed by atoms with E-state index in [0.29, 0.717) is 6.61 Å². The van der Waals surface area contributed by atoms with E-state index in [1.165, 1.54) is 36.8 Å². The molecular weight excluding hydrogens is 222 g/mol. The Balaban J connectivity index is 1.56. The molecule has 0 aliphatic heterocycles. The van der Waals surface area contributed by atoms with Crippen LogP contribution in [0.5, 0.6) is 0 Å². The van der Waals surface area contributed by atoms with E-state index in [1.54, 1.807) is 7.11 Å². The molecule has 0 radical (unpaired) electrons. The average molecular weight is 245 g/mol. The minimum Gasteiger partial charge on any atom is -0.380 e. The van der Waals surface area contributed by atoms with Gasteiger partial charge in [0.25, 0.3) is 0 Å². The van der Waals surface area contributed by atoms with Gasteiger partial charge in [-0.3, -0.25) is 0 Å². The third kappa shape index (κ3) is 3.12. The van der Waals surface area contributed by atoms with Crippen LogP contribution in [-0.4, -0.2) is 13.2 Å². The molecule has 0 atom stereocenters. The maximum Gasteiger partial charge on any atom is 0.0713 e. The van der Waals surface area contributed by atoms with Crippen molar-refractivity contribution in [2.75, 3.05) is 7.11 Å². The maximum atomic E-state index is 5.18. The van der Waals surface area contributed by atoms with Gasteiger partial charge in [0, 0.05) is 19.7 Å². The van der Waals surface area contributed by atoms with Crippen LogP contribution in [0.3, 0.4) is 0 Å². The molecule has 98 valence electrons. The zero-order valence-electron chi connectivity index (χ0n) is 11.2. The van der Waals surface area contributed by atoms with E-state index in [0.717, 1.165) is 24.4 Å². The van der Waals surface area contributed by atoms with Crippen LogP contribution in [0.2, 0.25) is 0 Å². The van der Waals surface area contributed by atoms with Crippen molar-refractivity contribution in [3.63, 3.8) is 0 Å². The molecule has 0 aromatic heterocycles. The molecule has 0 saturated heterocycles. The number of ether oxygens (including phenoxy) is 1. The van der Waals surface area contributed by atoms with Crippen LogP contribution < -0.4 is 5.32 Å². The Kier molecular flexibility index (Phi) is 3.67. The molecule has 2 heteroatoms. The molecule has 0 spiro atoms. The second-order valence-electron chi connectivity index (χ2n) is 5.83. The molecule has 2 aliphatic carbocycles. The second-order valence-corrected chi connectivity index (χ2v) is 5.83. The highest BCUT2D eigenvalue weighted by Gasteiger charge is 2.40. The highest BCUT2D eigenvalue weighted by molar-refractivity contribution is 5.23. The zero-order valence-corrected chi connectivity index (χ0v) is 11.2. The molecule has 2 fully saturated rings. The van der Waals surface area contributed by atoms with Gasteiger partial charge >= 0.3 is 0 Å². The lowest BCUT2D eigenvalue weighted by molar-refractivity contribution is 0.185. The number of benzene rings is 1. The van der Waals surface area contributed by atoms with E-state index < -0.39 is 0 Å². The van der Waals surface area contributed by atoms with Crippen LogP contribution in [0.1, 0.15) is 36.8 Å². The van der Waals surface area contributed by atoms with Gasteiger partial charge in [0.15, 0.2) is 0 Å². The van der Waals surface area contributed by atoms with E-state index in [9.17, 15) is 0 Å². The molecule has 18 heavy (non-hydrogen) atoms. The summed E-state index contributed by atoms with van der Waals surface area (Å²) in [5.74, 6) is 1.94. The summed E-state index contributed by atoms with van der Waals surface area (Å²) in [5, 5.41) is 3.79. The van der Waals surface area contributed by atoms with E-state index in [1.807, 2.05) is 0 Å². The standard InChI is InChI=1S/C16H23NO/c1-18-11-13-4-2-3-12(9-13)10-17-16(14-5-6-14)15-7-8-15/h2-4,9,14-17H,5-8,10-11H2,1H3. The van der Waals surface area contributed by atoms with Crippen LogP contribution in [0.15, 0.2) is 24.3 Å². The largest absolute Gasteiger partial charge is 0.380 e. The first-order valence-corrected chi connectivity index (χ1v) is 7.17. The summed E-state index contributed by atoms with van der Waals surface area (Å²) in [5.41, 5.74) is 2.65. The van der Waals surface area contributed by atoms with Crippen molar-refractivity contribution in [3.05, 3.63) is 35.4 Å². The molecule has 0 bridgehead atoms. The fourth-order valence-electron chi connectivity index (χ4n) is 2.86. The SMILES string of the molecule is COCc1cccc(CNC(C2CC2)C2CC2)c1. The van der Waals surface area contributed by atoms with Gasteiger partial charge in [-0.15, -0.1) is 0 Å². The lowest BCUT2D eigenvalue weighted by atomic mass is 10.1. The van der Waals surface area contributed by atoms with E-state index >= 15 is 0 Å². The Morgan fingerprint density at radius 2 is 1.83 bits per heavy atom. The van der Waals surface area contributed by atoms with E-state index in [4.69, 9.17) is 4.74 Å². The fourth-order valence-corrected chi connectivity index (χ4v) is 2.86. The number of hydrogen-bond acceptors (Lipinski definition) is 2. The van der Waals surface area contributed by atoms with E-state index in [2.05, 4.69) is 29.6 Å². The van der Waals surface area contributed by atoms with Crippen molar-refractivity contribution in [2.45, 2.75) is 44.9 Å². The Labute approximate surface area is 110 Å². The summed E-state index contributed by atoms with van der Waals surface area (Å²) in [6.07, 6.45) is 5.77. The van der Waals surface area contributed by atoms with E-state index in [-0.39, 0.29) is 0 Å². The zero-order chi connectivity index (χ0) is 12.4. The molecule has 2 aliphatic rings. The Bertz CT molecular complexity index is 384. The van der Waals surface area contributed by atoms with Crippen LogP contribution in [-0.2, 0) is 17.9 Å². The number of methoxy groups -OCH3 is 1. The predicted molar refractivity (Wildman–Crippen MR) is 73.2 cm³/mol. The molecule has 0 amide bonds. The van der Waals surface area contributed by atoms with Gasteiger partial charge in [-0.2, -0.15) is 0 Å². The number of rotatable bonds is 7. The fraction of sp³-hybridized carbons (Fsp3) is 0.625. The topological polar surface area (TPSA) is 21.3 Å². The van der Waals surface area contributed by atoms with Gasteiger partial charge in [-0.1, -0.05) is 24.3 Å². The molecule has 1 N–H and O–H groups in total. The van der Waals surface area contributed by atoms with Gasteiger partial charge in [-0.05, 0) is 48.6 Å². The first-order valence-electron chi connectivity index (χ1n) is 7.17. The average Bonchev–Trinajstić information content (AvgIpc) is 3.25. The minimum atomic E-state index is 0.711. The predicted octanol–water partition coefficient (Wildman–Crippen LogP) is 3.11. The van der Waals surface area contributed by atoms with Gasteiger partial charge < -0.3 is 10.1 Å². The Morgan fingerprint density at radius 1 is 1.17 bits per heavy atom. The Hall–Kier alpha value is -0.860. The van der Waals surface area contributed by atoms with Crippen LogP contribution in [0.25, 0.3) is 0 Å². The third-order valence-electron chi connectivity index (χ3n) is 4.10. The summed E-state index contributed by atoms with van der Waals surface area (Å²) in [7, 11) is 1.75. The first kappa shape index (κ1) is 12.2. The maximum absolute atomic E-state index is 5.18. The lowest BCUT2D eigenvalue weighted by Gasteiger charge is -2.18. The number of nitrogens with one attached hydrogen (secondary N) is 1. The van der Waals surface area contributed by atoms with Gasteiger partial charge in [0.1, 0.15) is 0 Å². The molecular formula is C16H23NO. The minimum absolute atomic E-state index is 0.711. The van der Waals surface area contributed by atoms with Crippen molar-refractivity contribution in [1.29, 1.82) is 0 Å². The second kappa shape index (κ2) is 5.41. The molecule has 1 aromatic rings. The summed E-state index contributed by atoms with van der Waals surface area (Å²) in [6, 6.07) is 9.52. The quantitative estimate of drug-likeness (QED) is 0.797. The molecule has 2 nitrogen and oxygen atoms in total. The third-order valence-corrected chi connectivity index (χ3v) is 4.10. The summed E-state index contributed by atoms with van der Waals surface area (Å²) in [4.78, 5) is 0. The summed E-state index contributed by atoms with van der Waals surface area (Å²) < 4.78 is 5.18. The van der Waals surface area contributed by atoms with Gasteiger partial charge in [0.05, 0.1) is 6.61 Å². The smallest absolute Gasteiger partial charge is 0.0713 e. The van der Waals surface area contributed by atoms with Gasteiger partial charge in [0.2, 0.25) is 0 Å². The highest BCUT2D eigenvalue weighted by atomic mass is 16.5. The molecule has 2 saturated carbocycles. The monoisotopic (exact) mass is 245 g/mol. The first-order chi connectivity index (χ1) is 8.86. The highest BCUT2D eigenvalue weighted by Crippen LogP contribution is 2.44. The van der Waals surface area contributed by atoms with Crippen LogP contribution in [0, 0.1) is 11.8 Å². The van der Waals surface area contributed by atoms with Crippen molar-refractivity contribution >= 4 is 0 Å². The molecule has 1 aromatic carbocycles. The molecule has 0 unspecified atom stereocenters. The van der Waals surface area contributed by atoms with Crippen molar-refractivity contribution < 1.29 is 4.74 Å². The lowest BCUT2D eigenvalue weighted by Crippen LogP contribution is -2.32. The summed E-state index contributed by atoms with van der Waals surface area (Å²) >= 11 is 0. The molecule has 0 heterocycles. The van der Waals surface area contributed by atoms with Crippen molar-refractivity contribution in [3.8, 4) is 0 Å². The Morgan fingerprint density at radius 3 is 2.44 bits per heavy atom. The molecule has 3 rings (SSSR count). The van der Waals surface area contributed by atoms with Crippen LogP contribution >= 0.6 is 0 Å². The van der Waals surface area contributed by atoms with Crippen LogP contribution in [0.4, 0.5) is 0 Å². The van der Waals surface area contributed by atoms with Crippen molar-refractivity contribution in [1.82, 2.24) is 5.32 Å². The number of hydrogen-bond donors (Lipinski definition) is 1. The van der Waals surface area contributed by atoms with Crippen molar-refractivity contribution in [2.24, 2.45) is 11.8 Å². The summed E-state index contributed by atoms with van der Waals surface area (Å²) in [6.45, 7) is 1.72. The normalized spacial score (nSPS) is 19.4.